The molecule has 0 saturated heterocycles. The van der Waals surface area contributed by atoms with Crippen molar-refractivity contribution in [3.8, 4) is 0 Å². The SMILES string of the molecule is CC[C@]1(C)CCC2C(CCC3C2CCC2(C)C(C(C)CC(C)=NC=C(C)C)CCC32)C1. The van der Waals surface area contributed by atoms with E-state index in [-0.39, 0.29) is 0 Å². The zero-order valence-corrected chi connectivity index (χ0v) is 21.8. The number of nitrogens with zero attached hydrogens (tertiary/aromatic N) is 1. The van der Waals surface area contributed by atoms with Crippen LogP contribution in [0.25, 0.3) is 0 Å². The molecule has 0 aromatic rings. The normalized spacial score (nSPS) is 46.0. The molecule has 4 fully saturated rings. The van der Waals surface area contributed by atoms with Gasteiger partial charge in [-0.3, -0.25) is 4.99 Å². The second-order valence-electron chi connectivity index (χ2n) is 13.3. The van der Waals surface area contributed by atoms with E-state index in [9.17, 15) is 0 Å². The maximum Gasteiger partial charge on any atom is 0.0253 e. The lowest BCUT2D eigenvalue weighted by atomic mass is 9.47. The summed E-state index contributed by atoms with van der Waals surface area (Å²) in [6.45, 7) is 16.8. The average Bonchev–Trinajstić information content (AvgIpc) is 3.09. The molecule has 1 heteroatoms. The minimum Gasteiger partial charge on any atom is -0.266 e. The summed E-state index contributed by atoms with van der Waals surface area (Å²) in [5.74, 6) is 6.91. The molecule has 0 bridgehead atoms. The first-order chi connectivity index (χ1) is 14.7. The minimum atomic E-state index is 0.594. The number of rotatable bonds is 5. The van der Waals surface area contributed by atoms with Crippen molar-refractivity contribution in [2.75, 3.05) is 0 Å². The number of fused-ring (bicyclic) bond motifs is 5. The third kappa shape index (κ3) is 4.46. The maximum absolute atomic E-state index is 4.75. The van der Waals surface area contributed by atoms with Crippen molar-refractivity contribution in [3.63, 3.8) is 0 Å². The Labute approximate surface area is 194 Å². The lowest BCUT2D eigenvalue weighted by Crippen LogP contribution is -2.50. The van der Waals surface area contributed by atoms with Gasteiger partial charge in [0.1, 0.15) is 0 Å². The highest BCUT2D eigenvalue weighted by molar-refractivity contribution is 5.82. The lowest BCUT2D eigenvalue weighted by Gasteiger charge is -2.58. The van der Waals surface area contributed by atoms with Crippen LogP contribution in [0.5, 0.6) is 0 Å². The Bertz CT molecular complexity index is 699. The van der Waals surface area contributed by atoms with Crippen LogP contribution in [-0.4, -0.2) is 5.71 Å². The molecule has 0 aliphatic heterocycles. The van der Waals surface area contributed by atoms with Crippen LogP contribution in [0.2, 0.25) is 0 Å². The average molecular weight is 426 g/mol. The van der Waals surface area contributed by atoms with Crippen molar-refractivity contribution in [2.24, 2.45) is 57.2 Å². The van der Waals surface area contributed by atoms with Gasteiger partial charge < -0.3 is 0 Å². The van der Waals surface area contributed by atoms with Crippen molar-refractivity contribution < 1.29 is 0 Å². The van der Waals surface area contributed by atoms with E-state index in [1.54, 1.807) is 19.3 Å². The summed E-state index contributed by atoms with van der Waals surface area (Å²) in [5.41, 5.74) is 3.87. The Morgan fingerprint density at radius 1 is 0.935 bits per heavy atom. The highest BCUT2D eigenvalue weighted by Crippen LogP contribution is 2.66. The van der Waals surface area contributed by atoms with Crippen molar-refractivity contribution in [1.29, 1.82) is 0 Å². The molecule has 0 aromatic heterocycles. The lowest BCUT2D eigenvalue weighted by molar-refractivity contribution is -0.0827. The standard InChI is InChI=1S/C30H51N/c1-8-29(6)15-13-24-23(18-29)9-10-26-25(24)14-16-30(7)27(11-12-28(26)30)21(4)17-22(5)31-19-20(2)3/h19,21,23-28H,8-18H2,1-7H3/t21?,23?,24?,25?,26?,27?,28?,29-,30?/m1/s1. The van der Waals surface area contributed by atoms with Crippen LogP contribution in [-0.2, 0) is 0 Å². The Morgan fingerprint density at radius 3 is 2.39 bits per heavy atom. The Balaban J connectivity index is 1.44. The van der Waals surface area contributed by atoms with Gasteiger partial charge in [0.2, 0.25) is 0 Å². The van der Waals surface area contributed by atoms with Gasteiger partial charge in [0, 0.05) is 11.9 Å². The summed E-state index contributed by atoms with van der Waals surface area (Å²) in [6.07, 6.45) is 18.3. The molecular formula is C30H51N. The van der Waals surface area contributed by atoms with Gasteiger partial charge in [-0.15, -0.1) is 0 Å². The van der Waals surface area contributed by atoms with E-state index in [0.29, 0.717) is 10.8 Å². The molecule has 4 saturated carbocycles. The van der Waals surface area contributed by atoms with Gasteiger partial charge in [0.25, 0.3) is 0 Å². The summed E-state index contributed by atoms with van der Waals surface area (Å²) in [7, 11) is 0. The van der Waals surface area contributed by atoms with E-state index in [1.165, 1.54) is 62.7 Å². The number of hydrogen-bond donors (Lipinski definition) is 0. The van der Waals surface area contributed by atoms with Crippen LogP contribution >= 0.6 is 0 Å². The molecule has 0 radical (unpaired) electrons. The van der Waals surface area contributed by atoms with Gasteiger partial charge in [-0.25, -0.2) is 0 Å². The second-order valence-corrected chi connectivity index (χ2v) is 13.3. The molecular weight excluding hydrogens is 374 g/mol. The number of aliphatic imine (C=N–C) groups is 1. The molecule has 4 aliphatic carbocycles. The van der Waals surface area contributed by atoms with Crippen LogP contribution in [0.15, 0.2) is 16.8 Å². The van der Waals surface area contributed by atoms with Crippen molar-refractivity contribution in [3.05, 3.63) is 11.8 Å². The quantitative estimate of drug-likeness (QED) is 0.389. The zero-order chi connectivity index (χ0) is 22.4. The third-order valence-corrected chi connectivity index (χ3v) is 11.1. The topological polar surface area (TPSA) is 12.4 Å². The monoisotopic (exact) mass is 425 g/mol. The molecule has 0 spiro atoms. The highest BCUT2D eigenvalue weighted by atomic mass is 14.7. The van der Waals surface area contributed by atoms with Gasteiger partial charge in [-0.05, 0) is 137 Å². The van der Waals surface area contributed by atoms with Gasteiger partial charge in [0.05, 0.1) is 0 Å². The molecule has 176 valence electrons. The molecule has 4 aliphatic rings. The van der Waals surface area contributed by atoms with E-state index in [1.807, 2.05) is 0 Å². The maximum atomic E-state index is 4.75. The van der Waals surface area contributed by atoms with Gasteiger partial charge in [0.15, 0.2) is 0 Å². The van der Waals surface area contributed by atoms with Crippen molar-refractivity contribution in [2.45, 2.75) is 119 Å². The van der Waals surface area contributed by atoms with E-state index in [2.05, 4.69) is 54.7 Å². The smallest absolute Gasteiger partial charge is 0.0253 e. The second kappa shape index (κ2) is 8.98. The number of hydrogen-bond acceptors (Lipinski definition) is 1. The molecule has 9 atom stereocenters. The fourth-order valence-corrected chi connectivity index (χ4v) is 9.38. The highest BCUT2D eigenvalue weighted by Gasteiger charge is 2.58. The van der Waals surface area contributed by atoms with Gasteiger partial charge in [-0.2, -0.15) is 0 Å². The van der Waals surface area contributed by atoms with Crippen LogP contribution in [0, 0.1) is 52.3 Å². The zero-order valence-electron chi connectivity index (χ0n) is 21.8. The molecule has 31 heavy (non-hydrogen) atoms. The van der Waals surface area contributed by atoms with E-state index in [0.717, 1.165) is 41.4 Å². The van der Waals surface area contributed by atoms with Crippen LogP contribution in [0.4, 0.5) is 0 Å². The summed E-state index contributed by atoms with van der Waals surface area (Å²) < 4.78 is 0. The Hall–Kier alpha value is -0.590. The number of allylic oxidation sites excluding steroid dienone is 1. The molecule has 0 aromatic carbocycles. The molecule has 4 rings (SSSR count). The van der Waals surface area contributed by atoms with Crippen LogP contribution in [0.3, 0.4) is 0 Å². The largest absolute Gasteiger partial charge is 0.266 e. The van der Waals surface area contributed by atoms with Crippen molar-refractivity contribution >= 4 is 5.71 Å². The summed E-state index contributed by atoms with van der Waals surface area (Å²) in [5, 5.41) is 0. The Morgan fingerprint density at radius 2 is 1.68 bits per heavy atom. The predicted molar refractivity (Wildman–Crippen MR) is 135 cm³/mol. The first-order valence-electron chi connectivity index (χ1n) is 13.8. The minimum absolute atomic E-state index is 0.594. The first-order valence-corrected chi connectivity index (χ1v) is 13.8. The van der Waals surface area contributed by atoms with E-state index in [4.69, 9.17) is 4.99 Å². The fraction of sp³-hybridized carbons (Fsp3) is 0.900. The third-order valence-electron chi connectivity index (χ3n) is 11.1. The van der Waals surface area contributed by atoms with Crippen molar-refractivity contribution in [1.82, 2.24) is 0 Å². The molecule has 8 unspecified atom stereocenters. The Kier molecular flexibility index (Phi) is 6.83. The fourth-order valence-electron chi connectivity index (χ4n) is 9.38. The molecule has 0 heterocycles. The van der Waals surface area contributed by atoms with E-state index < -0.39 is 0 Å². The predicted octanol–water partition coefficient (Wildman–Crippen LogP) is 9.08. The first kappa shape index (κ1) is 23.6. The summed E-state index contributed by atoms with van der Waals surface area (Å²) >= 11 is 0. The molecule has 0 N–H and O–H groups in total. The molecule has 1 nitrogen and oxygen atoms in total. The van der Waals surface area contributed by atoms with Crippen LogP contribution in [0.1, 0.15) is 119 Å². The van der Waals surface area contributed by atoms with E-state index >= 15 is 0 Å². The van der Waals surface area contributed by atoms with Gasteiger partial charge >= 0.3 is 0 Å². The summed E-state index contributed by atoms with van der Waals surface area (Å²) in [6, 6.07) is 0. The van der Waals surface area contributed by atoms with Crippen LogP contribution < -0.4 is 0 Å². The molecule has 0 amide bonds. The van der Waals surface area contributed by atoms with Gasteiger partial charge in [-0.1, -0.05) is 39.7 Å². The summed E-state index contributed by atoms with van der Waals surface area (Å²) in [4.78, 5) is 4.75.